The number of thiophene rings is 1. The topological polar surface area (TPSA) is 12.0 Å². The van der Waals surface area contributed by atoms with Crippen molar-refractivity contribution in [2.45, 2.75) is 65.8 Å². The van der Waals surface area contributed by atoms with Crippen LogP contribution in [0.2, 0.25) is 0 Å². The maximum absolute atomic E-state index is 3.81. The van der Waals surface area contributed by atoms with Gasteiger partial charge in [0, 0.05) is 10.9 Å². The molecule has 0 aromatic carbocycles. The van der Waals surface area contributed by atoms with E-state index in [1.807, 2.05) is 11.3 Å². The molecular weight excluding hydrogens is 262 g/mol. The lowest BCUT2D eigenvalue weighted by Crippen LogP contribution is -2.32. The van der Waals surface area contributed by atoms with Crippen LogP contribution >= 0.6 is 11.3 Å². The molecule has 0 amide bonds. The van der Waals surface area contributed by atoms with Crippen LogP contribution < -0.4 is 5.32 Å². The summed E-state index contributed by atoms with van der Waals surface area (Å²) in [4.78, 5) is 1.50. The summed E-state index contributed by atoms with van der Waals surface area (Å²) in [6, 6.07) is 5.00. The average Bonchev–Trinajstić information content (AvgIpc) is 2.93. The van der Waals surface area contributed by atoms with E-state index >= 15 is 0 Å². The van der Waals surface area contributed by atoms with Gasteiger partial charge in [0.25, 0.3) is 0 Å². The highest BCUT2D eigenvalue weighted by Gasteiger charge is 2.29. The Bertz CT molecular complexity index is 369. The van der Waals surface area contributed by atoms with Gasteiger partial charge in [0.1, 0.15) is 0 Å². The molecule has 114 valence electrons. The van der Waals surface area contributed by atoms with Crippen molar-refractivity contribution >= 4 is 11.3 Å². The molecular formula is C18H31NS. The van der Waals surface area contributed by atoms with Crippen molar-refractivity contribution in [1.29, 1.82) is 0 Å². The van der Waals surface area contributed by atoms with Gasteiger partial charge in [-0.15, -0.1) is 11.3 Å². The SMILES string of the molecule is CCC(NCC1CCC(C(C)(C)C)CC1)c1cccs1. The Morgan fingerprint density at radius 1 is 1.25 bits per heavy atom. The van der Waals surface area contributed by atoms with Gasteiger partial charge in [-0.2, -0.15) is 0 Å². The van der Waals surface area contributed by atoms with E-state index in [-0.39, 0.29) is 0 Å². The van der Waals surface area contributed by atoms with Crippen molar-refractivity contribution < 1.29 is 0 Å². The van der Waals surface area contributed by atoms with Gasteiger partial charge in [-0.1, -0.05) is 33.8 Å². The number of hydrogen-bond acceptors (Lipinski definition) is 2. The molecule has 0 radical (unpaired) electrons. The molecule has 1 fully saturated rings. The molecule has 1 aromatic rings. The summed E-state index contributed by atoms with van der Waals surface area (Å²) in [5, 5.41) is 5.99. The second-order valence-corrected chi connectivity index (χ2v) is 8.45. The van der Waals surface area contributed by atoms with Gasteiger partial charge in [-0.05, 0) is 67.3 Å². The Hall–Kier alpha value is -0.340. The largest absolute Gasteiger partial charge is 0.309 e. The fourth-order valence-corrected chi connectivity index (χ4v) is 4.36. The molecule has 1 aliphatic carbocycles. The fraction of sp³-hybridized carbons (Fsp3) is 0.778. The highest BCUT2D eigenvalue weighted by molar-refractivity contribution is 7.10. The minimum atomic E-state index is 0.501. The van der Waals surface area contributed by atoms with E-state index in [9.17, 15) is 0 Å². The lowest BCUT2D eigenvalue weighted by molar-refractivity contribution is 0.147. The summed E-state index contributed by atoms with van der Waals surface area (Å²) in [6.07, 6.45) is 6.86. The van der Waals surface area contributed by atoms with Crippen LogP contribution in [0, 0.1) is 17.3 Å². The van der Waals surface area contributed by atoms with Crippen LogP contribution in [0.1, 0.15) is 70.7 Å². The maximum atomic E-state index is 3.81. The van der Waals surface area contributed by atoms with Crippen molar-refractivity contribution in [1.82, 2.24) is 5.32 Å². The molecule has 0 saturated heterocycles. The molecule has 2 rings (SSSR count). The molecule has 1 aromatic heterocycles. The maximum Gasteiger partial charge on any atom is 0.0412 e. The molecule has 1 nitrogen and oxygen atoms in total. The summed E-state index contributed by atoms with van der Waals surface area (Å²) in [5.41, 5.74) is 0.501. The molecule has 0 bridgehead atoms. The molecule has 20 heavy (non-hydrogen) atoms. The average molecular weight is 294 g/mol. The number of hydrogen-bond donors (Lipinski definition) is 1. The van der Waals surface area contributed by atoms with E-state index in [0.29, 0.717) is 11.5 Å². The van der Waals surface area contributed by atoms with Gasteiger partial charge >= 0.3 is 0 Å². The third kappa shape index (κ3) is 4.33. The van der Waals surface area contributed by atoms with Gasteiger partial charge in [-0.3, -0.25) is 0 Å². The highest BCUT2D eigenvalue weighted by Crippen LogP contribution is 2.39. The van der Waals surface area contributed by atoms with Crippen LogP contribution in [0.15, 0.2) is 17.5 Å². The van der Waals surface area contributed by atoms with Gasteiger partial charge in [-0.25, -0.2) is 0 Å². The van der Waals surface area contributed by atoms with Gasteiger partial charge in [0.2, 0.25) is 0 Å². The van der Waals surface area contributed by atoms with Gasteiger partial charge in [0.05, 0.1) is 0 Å². The Morgan fingerprint density at radius 3 is 2.45 bits per heavy atom. The summed E-state index contributed by atoms with van der Waals surface area (Å²) in [6.45, 7) is 10.7. The second kappa shape index (κ2) is 7.09. The molecule has 1 saturated carbocycles. The van der Waals surface area contributed by atoms with E-state index in [1.54, 1.807) is 0 Å². The van der Waals surface area contributed by atoms with Crippen molar-refractivity contribution in [3.05, 3.63) is 22.4 Å². The fourth-order valence-electron chi connectivity index (χ4n) is 3.48. The zero-order chi connectivity index (χ0) is 14.6. The summed E-state index contributed by atoms with van der Waals surface area (Å²) in [5.74, 6) is 1.82. The van der Waals surface area contributed by atoms with Crippen molar-refractivity contribution in [2.24, 2.45) is 17.3 Å². The first-order chi connectivity index (χ1) is 9.50. The summed E-state index contributed by atoms with van der Waals surface area (Å²) < 4.78 is 0. The van der Waals surface area contributed by atoms with Crippen LogP contribution in [-0.2, 0) is 0 Å². The Labute approximate surface area is 129 Å². The molecule has 0 aliphatic heterocycles. The minimum Gasteiger partial charge on any atom is -0.309 e. The quantitative estimate of drug-likeness (QED) is 0.740. The second-order valence-electron chi connectivity index (χ2n) is 7.47. The Balaban J connectivity index is 1.76. The third-order valence-electron chi connectivity index (χ3n) is 5.02. The van der Waals surface area contributed by atoms with Crippen LogP contribution in [0.5, 0.6) is 0 Å². The first-order valence-corrected chi connectivity index (χ1v) is 9.15. The predicted octanol–water partition coefficient (Wildman–Crippen LogP) is 5.64. The first kappa shape index (κ1) is 16.0. The van der Waals surface area contributed by atoms with Crippen LogP contribution in [-0.4, -0.2) is 6.54 Å². The summed E-state index contributed by atoms with van der Waals surface area (Å²) in [7, 11) is 0. The van der Waals surface area contributed by atoms with E-state index in [0.717, 1.165) is 11.8 Å². The zero-order valence-corrected chi connectivity index (χ0v) is 14.4. The minimum absolute atomic E-state index is 0.501. The highest BCUT2D eigenvalue weighted by atomic mass is 32.1. The monoisotopic (exact) mass is 293 g/mol. The molecule has 1 aliphatic rings. The van der Waals surface area contributed by atoms with Crippen LogP contribution in [0.3, 0.4) is 0 Å². The Kier molecular flexibility index (Phi) is 5.68. The summed E-state index contributed by atoms with van der Waals surface area (Å²) >= 11 is 1.88. The smallest absolute Gasteiger partial charge is 0.0412 e. The molecule has 2 heteroatoms. The van der Waals surface area contributed by atoms with Crippen molar-refractivity contribution in [3.8, 4) is 0 Å². The molecule has 0 spiro atoms. The van der Waals surface area contributed by atoms with E-state index < -0.39 is 0 Å². The molecule has 1 unspecified atom stereocenters. The normalized spacial score (nSPS) is 25.6. The Morgan fingerprint density at radius 2 is 1.95 bits per heavy atom. The first-order valence-electron chi connectivity index (χ1n) is 8.27. The number of rotatable bonds is 5. The van der Waals surface area contributed by atoms with E-state index in [4.69, 9.17) is 0 Å². The predicted molar refractivity (Wildman–Crippen MR) is 90.3 cm³/mol. The lowest BCUT2D eigenvalue weighted by Gasteiger charge is -2.37. The van der Waals surface area contributed by atoms with Gasteiger partial charge in [0.15, 0.2) is 0 Å². The van der Waals surface area contributed by atoms with Crippen LogP contribution in [0.4, 0.5) is 0 Å². The lowest BCUT2D eigenvalue weighted by atomic mass is 9.70. The van der Waals surface area contributed by atoms with E-state index in [2.05, 4.69) is 50.5 Å². The molecule has 1 N–H and O–H groups in total. The molecule has 1 heterocycles. The van der Waals surface area contributed by atoms with Crippen molar-refractivity contribution in [2.75, 3.05) is 6.54 Å². The molecule has 1 atom stereocenters. The third-order valence-corrected chi connectivity index (χ3v) is 6.01. The van der Waals surface area contributed by atoms with Crippen LogP contribution in [0.25, 0.3) is 0 Å². The number of nitrogens with one attached hydrogen (secondary N) is 1. The standard InChI is InChI=1S/C18H31NS/c1-5-16(17-7-6-12-20-17)19-13-14-8-10-15(11-9-14)18(2,3)4/h6-7,12,14-16,19H,5,8-11,13H2,1-4H3. The zero-order valence-electron chi connectivity index (χ0n) is 13.6. The van der Waals surface area contributed by atoms with Gasteiger partial charge < -0.3 is 5.32 Å². The van der Waals surface area contributed by atoms with E-state index in [1.165, 1.54) is 43.5 Å². The van der Waals surface area contributed by atoms with Crippen molar-refractivity contribution in [3.63, 3.8) is 0 Å².